The van der Waals surface area contributed by atoms with Crippen LogP contribution in [0.5, 0.6) is 11.5 Å². The molecule has 0 aliphatic rings. The minimum Gasteiger partial charge on any atom is -0.507 e. The second-order valence-electron chi connectivity index (χ2n) is 7.59. The molecule has 5 aromatic rings. The molecule has 1 heterocycles. The Morgan fingerprint density at radius 2 is 1.65 bits per heavy atom. The molecule has 0 bridgehead atoms. The SMILES string of the molecule is Oc1cc2ccc(C#CCc3ccc4occc4c3)cc2c(O)c1Cc1ccccc1. The number of phenols is 2. The average Bonchev–Trinajstić information content (AvgIpc) is 3.26. The van der Waals surface area contributed by atoms with Gasteiger partial charge in [0, 0.05) is 34.7 Å². The maximum Gasteiger partial charge on any atom is 0.133 e. The van der Waals surface area contributed by atoms with Crippen molar-refractivity contribution in [3.05, 3.63) is 107 Å². The van der Waals surface area contributed by atoms with E-state index in [1.165, 1.54) is 0 Å². The molecule has 0 saturated carbocycles. The Morgan fingerprint density at radius 1 is 0.774 bits per heavy atom. The fourth-order valence-corrected chi connectivity index (χ4v) is 3.83. The van der Waals surface area contributed by atoms with Gasteiger partial charge in [-0.3, -0.25) is 0 Å². The summed E-state index contributed by atoms with van der Waals surface area (Å²) in [6.45, 7) is 0. The summed E-state index contributed by atoms with van der Waals surface area (Å²) in [5, 5.41) is 23.9. The first-order valence-electron chi connectivity index (χ1n) is 10.1. The molecule has 0 unspecified atom stereocenters. The van der Waals surface area contributed by atoms with E-state index in [4.69, 9.17) is 4.42 Å². The third kappa shape index (κ3) is 3.84. The Bertz CT molecular complexity index is 1450. The van der Waals surface area contributed by atoms with Crippen LogP contribution in [0.15, 0.2) is 89.5 Å². The topological polar surface area (TPSA) is 53.6 Å². The van der Waals surface area contributed by atoms with Crippen LogP contribution in [-0.4, -0.2) is 10.2 Å². The van der Waals surface area contributed by atoms with Crippen LogP contribution in [0.3, 0.4) is 0 Å². The van der Waals surface area contributed by atoms with Gasteiger partial charge in [0.2, 0.25) is 0 Å². The van der Waals surface area contributed by atoms with Crippen LogP contribution in [0.2, 0.25) is 0 Å². The van der Waals surface area contributed by atoms with Gasteiger partial charge >= 0.3 is 0 Å². The molecule has 0 aliphatic carbocycles. The van der Waals surface area contributed by atoms with Gasteiger partial charge in [-0.25, -0.2) is 0 Å². The first-order chi connectivity index (χ1) is 15.2. The minimum absolute atomic E-state index is 0.0994. The van der Waals surface area contributed by atoms with Crippen LogP contribution in [-0.2, 0) is 12.8 Å². The Kier molecular flexibility index (Phi) is 4.82. The van der Waals surface area contributed by atoms with Gasteiger partial charge in [-0.1, -0.05) is 54.3 Å². The van der Waals surface area contributed by atoms with Crippen molar-refractivity contribution in [2.45, 2.75) is 12.8 Å². The number of benzene rings is 4. The number of phenolic OH excluding ortho intramolecular Hbond substituents is 2. The monoisotopic (exact) mass is 404 g/mol. The molecule has 3 heteroatoms. The summed E-state index contributed by atoms with van der Waals surface area (Å²) in [6.07, 6.45) is 2.77. The molecule has 2 N–H and O–H groups in total. The number of hydrogen-bond donors (Lipinski definition) is 2. The van der Waals surface area contributed by atoms with Crippen molar-refractivity contribution in [1.82, 2.24) is 0 Å². The fourth-order valence-electron chi connectivity index (χ4n) is 3.83. The molecule has 0 atom stereocenters. The Balaban J connectivity index is 1.44. The molecule has 0 fully saturated rings. The van der Waals surface area contributed by atoms with Gasteiger partial charge in [0.05, 0.1) is 6.26 Å². The van der Waals surface area contributed by atoms with E-state index in [2.05, 4.69) is 17.9 Å². The molecule has 1 aromatic heterocycles. The summed E-state index contributed by atoms with van der Waals surface area (Å²) >= 11 is 0. The van der Waals surface area contributed by atoms with Crippen molar-refractivity contribution in [3.8, 4) is 23.3 Å². The van der Waals surface area contributed by atoms with Crippen LogP contribution < -0.4 is 0 Å². The molecule has 150 valence electrons. The number of aromatic hydroxyl groups is 2. The van der Waals surface area contributed by atoms with Gasteiger partial charge < -0.3 is 14.6 Å². The first-order valence-corrected chi connectivity index (χ1v) is 10.1. The third-order valence-electron chi connectivity index (χ3n) is 5.46. The maximum absolute atomic E-state index is 10.9. The first kappa shape index (κ1) is 18.8. The highest BCUT2D eigenvalue weighted by atomic mass is 16.3. The molecule has 0 saturated heterocycles. The molecule has 0 spiro atoms. The number of rotatable bonds is 3. The lowest BCUT2D eigenvalue weighted by Gasteiger charge is -2.11. The second-order valence-corrected chi connectivity index (χ2v) is 7.59. The van der Waals surface area contributed by atoms with E-state index in [0.29, 0.717) is 23.8 Å². The molecule has 31 heavy (non-hydrogen) atoms. The Hall–Kier alpha value is -4.16. The van der Waals surface area contributed by atoms with E-state index < -0.39 is 0 Å². The molecule has 0 aliphatic heterocycles. The van der Waals surface area contributed by atoms with Gasteiger partial charge in [0.25, 0.3) is 0 Å². The summed E-state index contributed by atoms with van der Waals surface area (Å²) in [5.41, 5.74) is 4.37. The lowest BCUT2D eigenvalue weighted by Crippen LogP contribution is -1.91. The predicted molar refractivity (Wildman–Crippen MR) is 123 cm³/mol. The van der Waals surface area contributed by atoms with Crippen molar-refractivity contribution >= 4 is 21.7 Å². The van der Waals surface area contributed by atoms with Crippen molar-refractivity contribution in [2.24, 2.45) is 0 Å². The van der Waals surface area contributed by atoms with E-state index >= 15 is 0 Å². The third-order valence-corrected chi connectivity index (χ3v) is 5.46. The maximum atomic E-state index is 10.9. The highest BCUT2D eigenvalue weighted by Crippen LogP contribution is 2.37. The highest BCUT2D eigenvalue weighted by molar-refractivity contribution is 5.92. The van der Waals surface area contributed by atoms with Crippen molar-refractivity contribution in [2.75, 3.05) is 0 Å². The van der Waals surface area contributed by atoms with E-state index in [-0.39, 0.29) is 11.5 Å². The van der Waals surface area contributed by atoms with Crippen LogP contribution >= 0.6 is 0 Å². The van der Waals surface area contributed by atoms with Gasteiger partial charge in [0.15, 0.2) is 0 Å². The van der Waals surface area contributed by atoms with Crippen LogP contribution in [0, 0.1) is 11.8 Å². The Morgan fingerprint density at radius 3 is 2.52 bits per heavy atom. The lowest BCUT2D eigenvalue weighted by atomic mass is 9.97. The van der Waals surface area contributed by atoms with Crippen molar-refractivity contribution in [3.63, 3.8) is 0 Å². The molecule has 3 nitrogen and oxygen atoms in total. The number of hydrogen-bond acceptors (Lipinski definition) is 3. The summed E-state index contributed by atoms with van der Waals surface area (Å²) in [4.78, 5) is 0. The van der Waals surface area contributed by atoms with Crippen LogP contribution in [0.25, 0.3) is 21.7 Å². The van der Waals surface area contributed by atoms with Gasteiger partial charge in [0.1, 0.15) is 17.1 Å². The summed E-state index contributed by atoms with van der Waals surface area (Å²) in [6, 6.07) is 25.2. The van der Waals surface area contributed by atoms with E-state index in [0.717, 1.165) is 33.0 Å². The predicted octanol–water partition coefficient (Wildman–Crippen LogP) is 6.18. The zero-order chi connectivity index (χ0) is 21.2. The minimum atomic E-state index is 0.0994. The molecule has 5 rings (SSSR count). The lowest BCUT2D eigenvalue weighted by molar-refractivity contribution is 0.445. The quantitative estimate of drug-likeness (QED) is 0.353. The molecule has 0 amide bonds. The Labute approximate surface area is 180 Å². The molecule has 4 aromatic carbocycles. The van der Waals surface area contributed by atoms with Crippen molar-refractivity contribution in [1.29, 1.82) is 0 Å². The zero-order valence-electron chi connectivity index (χ0n) is 16.8. The van der Waals surface area contributed by atoms with Gasteiger partial charge in [-0.2, -0.15) is 0 Å². The average molecular weight is 404 g/mol. The largest absolute Gasteiger partial charge is 0.507 e. The van der Waals surface area contributed by atoms with Gasteiger partial charge in [-0.15, -0.1) is 0 Å². The summed E-state index contributed by atoms with van der Waals surface area (Å²) < 4.78 is 5.38. The molecular weight excluding hydrogens is 384 g/mol. The van der Waals surface area contributed by atoms with E-state index in [1.54, 1.807) is 12.3 Å². The number of fused-ring (bicyclic) bond motifs is 2. The smallest absolute Gasteiger partial charge is 0.133 e. The molecule has 0 radical (unpaired) electrons. The highest BCUT2D eigenvalue weighted by Gasteiger charge is 2.13. The normalized spacial score (nSPS) is 10.8. The van der Waals surface area contributed by atoms with E-state index in [9.17, 15) is 10.2 Å². The van der Waals surface area contributed by atoms with Crippen molar-refractivity contribution < 1.29 is 14.6 Å². The summed E-state index contributed by atoms with van der Waals surface area (Å²) in [5.74, 6) is 6.61. The zero-order valence-corrected chi connectivity index (χ0v) is 16.8. The van der Waals surface area contributed by atoms with Gasteiger partial charge in [-0.05, 0) is 52.9 Å². The summed E-state index contributed by atoms with van der Waals surface area (Å²) in [7, 11) is 0. The van der Waals surface area contributed by atoms with Crippen LogP contribution in [0.1, 0.15) is 22.3 Å². The number of furan rings is 1. The van der Waals surface area contributed by atoms with E-state index in [1.807, 2.05) is 66.7 Å². The molecular formula is C28H20O3. The fraction of sp³-hybridized carbons (Fsp3) is 0.0714. The second kappa shape index (κ2) is 7.93. The standard InChI is InChI=1S/C28H20O3/c29-26-18-22-11-9-21(8-4-7-20-10-12-27-23(15-20)13-14-31-27)16-24(22)28(30)25(26)17-19-5-2-1-3-6-19/h1-3,5-6,9-16,18,29-30H,7,17H2. The van der Waals surface area contributed by atoms with Crippen LogP contribution in [0.4, 0.5) is 0 Å².